The van der Waals surface area contributed by atoms with Crippen LogP contribution in [0.2, 0.25) is 0 Å². The Labute approximate surface area is 95.5 Å². The molecule has 0 aromatic carbocycles. The molecule has 1 aromatic heterocycles. The van der Waals surface area contributed by atoms with Crippen LogP contribution in [-0.2, 0) is 0 Å². The molecule has 84 valence electrons. The fourth-order valence-corrected chi connectivity index (χ4v) is 2.81. The minimum Gasteiger partial charge on any atom is -0.314 e. The summed E-state index contributed by atoms with van der Waals surface area (Å²) in [6.45, 7) is 10.1. The molecule has 0 saturated carbocycles. The molecule has 0 spiro atoms. The van der Waals surface area contributed by atoms with E-state index in [9.17, 15) is 0 Å². The number of hydrogen-bond acceptors (Lipinski definition) is 4. The number of thiazole rings is 1. The molecule has 3 nitrogen and oxygen atoms in total. The molecule has 2 rings (SSSR count). The molecule has 1 fully saturated rings. The van der Waals surface area contributed by atoms with Gasteiger partial charge >= 0.3 is 0 Å². The first-order valence-corrected chi connectivity index (χ1v) is 6.49. The van der Waals surface area contributed by atoms with Gasteiger partial charge in [-0.15, -0.1) is 11.3 Å². The summed E-state index contributed by atoms with van der Waals surface area (Å²) in [6.07, 6.45) is 0. The van der Waals surface area contributed by atoms with Crippen LogP contribution in [0.5, 0.6) is 0 Å². The average Bonchev–Trinajstić information content (AvgIpc) is 2.66. The number of aryl methyl sites for hydroxylation is 1. The summed E-state index contributed by atoms with van der Waals surface area (Å²) in [7, 11) is 0. The van der Waals surface area contributed by atoms with E-state index in [2.05, 4.69) is 34.4 Å². The highest BCUT2D eigenvalue weighted by Gasteiger charge is 2.16. The summed E-state index contributed by atoms with van der Waals surface area (Å²) in [5, 5.41) is 6.80. The van der Waals surface area contributed by atoms with Gasteiger partial charge in [-0.3, -0.25) is 0 Å². The fraction of sp³-hybridized carbons (Fsp3) is 0.727. The number of nitrogens with one attached hydrogen (secondary N) is 1. The maximum Gasteiger partial charge on any atom is 0.0969 e. The van der Waals surface area contributed by atoms with E-state index in [0.717, 1.165) is 25.3 Å². The van der Waals surface area contributed by atoms with Crippen molar-refractivity contribution in [2.45, 2.75) is 19.8 Å². The fourth-order valence-electron chi connectivity index (χ4n) is 1.96. The molecule has 4 heteroatoms. The summed E-state index contributed by atoms with van der Waals surface area (Å²) in [5.41, 5.74) is 1.15. The lowest BCUT2D eigenvalue weighted by molar-refractivity contribution is 0.230. The Bertz CT molecular complexity index is 305. The Morgan fingerprint density at radius 1 is 1.53 bits per heavy atom. The van der Waals surface area contributed by atoms with Crippen molar-refractivity contribution in [3.8, 4) is 0 Å². The molecule has 15 heavy (non-hydrogen) atoms. The van der Waals surface area contributed by atoms with E-state index in [1.807, 2.05) is 0 Å². The lowest BCUT2D eigenvalue weighted by Gasteiger charge is -2.29. The molecule has 1 N–H and O–H groups in total. The van der Waals surface area contributed by atoms with Crippen molar-refractivity contribution in [1.29, 1.82) is 0 Å². The third-order valence-corrected chi connectivity index (χ3v) is 3.99. The van der Waals surface area contributed by atoms with Gasteiger partial charge in [0.1, 0.15) is 0 Å². The van der Waals surface area contributed by atoms with Gasteiger partial charge in [0.2, 0.25) is 0 Å². The molecule has 1 unspecified atom stereocenters. The van der Waals surface area contributed by atoms with Crippen LogP contribution in [0.4, 0.5) is 0 Å². The maximum absolute atomic E-state index is 4.55. The van der Waals surface area contributed by atoms with Gasteiger partial charge in [-0.2, -0.15) is 0 Å². The van der Waals surface area contributed by atoms with Gasteiger partial charge in [-0.05, 0) is 6.92 Å². The lowest BCUT2D eigenvalue weighted by Crippen LogP contribution is -2.44. The molecule has 2 heterocycles. The predicted octanol–water partition coefficient (Wildman–Crippen LogP) is 1.46. The van der Waals surface area contributed by atoms with E-state index < -0.39 is 0 Å². The lowest BCUT2D eigenvalue weighted by atomic mass is 10.1. The summed E-state index contributed by atoms with van der Waals surface area (Å²) >= 11 is 1.79. The number of rotatable bonds is 3. The van der Waals surface area contributed by atoms with E-state index >= 15 is 0 Å². The minimum absolute atomic E-state index is 0.571. The van der Waals surface area contributed by atoms with Gasteiger partial charge in [0.25, 0.3) is 0 Å². The van der Waals surface area contributed by atoms with Crippen LogP contribution >= 0.6 is 11.3 Å². The van der Waals surface area contributed by atoms with E-state index in [-0.39, 0.29) is 0 Å². The number of aromatic nitrogens is 1. The molecule has 0 radical (unpaired) electrons. The van der Waals surface area contributed by atoms with Crippen LogP contribution in [0.3, 0.4) is 0 Å². The molecule has 0 aliphatic carbocycles. The van der Waals surface area contributed by atoms with E-state index in [0.29, 0.717) is 5.92 Å². The second-order valence-electron chi connectivity index (χ2n) is 4.28. The van der Waals surface area contributed by atoms with Gasteiger partial charge in [0, 0.05) is 49.7 Å². The quantitative estimate of drug-likeness (QED) is 0.844. The number of hydrogen-bond donors (Lipinski definition) is 1. The van der Waals surface area contributed by atoms with Crippen LogP contribution < -0.4 is 5.32 Å². The van der Waals surface area contributed by atoms with Crippen LogP contribution in [0.25, 0.3) is 0 Å². The van der Waals surface area contributed by atoms with E-state index in [1.54, 1.807) is 11.3 Å². The topological polar surface area (TPSA) is 28.2 Å². The first-order chi connectivity index (χ1) is 7.25. The standard InChI is InChI=1S/C11H19N3S/c1-9(11-13-10(2)8-15-11)7-14-5-3-12-4-6-14/h8-9,12H,3-7H2,1-2H3. The zero-order chi connectivity index (χ0) is 10.7. The molecule has 1 aromatic rings. The van der Waals surface area contributed by atoms with Gasteiger partial charge in [-0.25, -0.2) is 4.98 Å². The molecule has 1 atom stereocenters. The molecule has 1 aliphatic rings. The first kappa shape index (κ1) is 11.0. The van der Waals surface area contributed by atoms with Crippen molar-refractivity contribution < 1.29 is 0 Å². The molecular formula is C11H19N3S. The van der Waals surface area contributed by atoms with Crippen molar-refractivity contribution in [2.75, 3.05) is 32.7 Å². The summed E-state index contributed by atoms with van der Waals surface area (Å²) < 4.78 is 0. The molecular weight excluding hydrogens is 206 g/mol. The molecule has 0 amide bonds. The zero-order valence-electron chi connectivity index (χ0n) is 9.49. The van der Waals surface area contributed by atoms with Crippen LogP contribution in [0.1, 0.15) is 23.5 Å². The summed E-state index contributed by atoms with van der Waals surface area (Å²) in [5.74, 6) is 0.571. The minimum atomic E-state index is 0.571. The van der Waals surface area contributed by atoms with Crippen molar-refractivity contribution >= 4 is 11.3 Å². The molecule has 1 saturated heterocycles. The molecule has 1 aliphatic heterocycles. The first-order valence-electron chi connectivity index (χ1n) is 5.61. The Balaban J connectivity index is 1.88. The van der Waals surface area contributed by atoms with E-state index in [4.69, 9.17) is 0 Å². The highest BCUT2D eigenvalue weighted by atomic mass is 32.1. The largest absolute Gasteiger partial charge is 0.314 e. The Morgan fingerprint density at radius 2 is 2.27 bits per heavy atom. The van der Waals surface area contributed by atoms with Crippen LogP contribution in [0.15, 0.2) is 5.38 Å². The summed E-state index contributed by atoms with van der Waals surface area (Å²) in [6, 6.07) is 0. The zero-order valence-corrected chi connectivity index (χ0v) is 10.3. The van der Waals surface area contributed by atoms with Crippen LogP contribution in [0, 0.1) is 6.92 Å². The van der Waals surface area contributed by atoms with Crippen molar-refractivity contribution in [2.24, 2.45) is 0 Å². The van der Waals surface area contributed by atoms with Crippen molar-refractivity contribution in [1.82, 2.24) is 15.2 Å². The van der Waals surface area contributed by atoms with Gasteiger partial charge in [0.05, 0.1) is 5.01 Å². The number of nitrogens with zero attached hydrogens (tertiary/aromatic N) is 2. The third kappa shape index (κ3) is 3.00. The van der Waals surface area contributed by atoms with Crippen molar-refractivity contribution in [3.05, 3.63) is 16.1 Å². The smallest absolute Gasteiger partial charge is 0.0969 e. The third-order valence-electron chi connectivity index (χ3n) is 2.80. The monoisotopic (exact) mass is 225 g/mol. The van der Waals surface area contributed by atoms with Gasteiger partial charge in [0.15, 0.2) is 0 Å². The number of piperazine rings is 1. The second kappa shape index (κ2) is 5.05. The highest BCUT2D eigenvalue weighted by Crippen LogP contribution is 2.20. The second-order valence-corrected chi connectivity index (χ2v) is 5.17. The predicted molar refractivity (Wildman–Crippen MR) is 64.6 cm³/mol. The Kier molecular flexibility index (Phi) is 3.72. The SMILES string of the molecule is Cc1csc(C(C)CN2CCNCC2)n1. The Morgan fingerprint density at radius 3 is 2.87 bits per heavy atom. The highest BCUT2D eigenvalue weighted by molar-refractivity contribution is 7.09. The summed E-state index contributed by atoms with van der Waals surface area (Å²) in [4.78, 5) is 7.08. The maximum atomic E-state index is 4.55. The van der Waals surface area contributed by atoms with E-state index in [1.165, 1.54) is 18.1 Å². The van der Waals surface area contributed by atoms with Crippen molar-refractivity contribution in [3.63, 3.8) is 0 Å². The normalized spacial score (nSPS) is 20.4. The average molecular weight is 225 g/mol. The Hall–Kier alpha value is -0.450. The molecule has 0 bridgehead atoms. The van der Waals surface area contributed by atoms with Crippen LogP contribution in [-0.4, -0.2) is 42.6 Å². The van der Waals surface area contributed by atoms with Gasteiger partial charge < -0.3 is 10.2 Å². The van der Waals surface area contributed by atoms with Gasteiger partial charge in [-0.1, -0.05) is 6.92 Å².